The van der Waals surface area contributed by atoms with Crippen LogP contribution in [0.5, 0.6) is 0 Å². The smallest absolute Gasteiger partial charge is 0.253 e. The summed E-state index contributed by atoms with van der Waals surface area (Å²) in [5.74, 6) is 0.645. The van der Waals surface area contributed by atoms with Crippen LogP contribution in [0, 0.1) is 13.8 Å². The number of rotatable bonds is 8. The van der Waals surface area contributed by atoms with Gasteiger partial charge in [0.05, 0.1) is 6.54 Å². The Morgan fingerprint density at radius 3 is 2.33 bits per heavy atom. The molecule has 0 bridgehead atoms. The largest absolute Gasteiger partial charge is 0.322 e. The second-order valence-electron chi connectivity index (χ2n) is 9.23. The molecule has 0 radical (unpaired) electrons. The third-order valence-electron chi connectivity index (χ3n) is 6.62. The summed E-state index contributed by atoms with van der Waals surface area (Å²) in [5.41, 5.74) is 5.84. The summed E-state index contributed by atoms with van der Waals surface area (Å²) in [7, 11) is 0. The van der Waals surface area contributed by atoms with Crippen LogP contribution in [0.1, 0.15) is 46.6 Å². The zero-order valence-electron chi connectivity index (χ0n) is 20.8. The first-order valence-corrected chi connectivity index (χ1v) is 12.3. The van der Waals surface area contributed by atoms with Crippen molar-refractivity contribution in [1.29, 1.82) is 0 Å². The molecular weight excluding hydrogens is 448 g/mol. The van der Waals surface area contributed by atoms with Crippen LogP contribution >= 0.6 is 0 Å². The first-order valence-electron chi connectivity index (χ1n) is 12.3. The highest BCUT2D eigenvalue weighted by Gasteiger charge is 2.30. The van der Waals surface area contributed by atoms with Crippen LogP contribution in [0.15, 0.2) is 83.7 Å². The minimum Gasteiger partial charge on any atom is -0.322 e. The lowest BCUT2D eigenvalue weighted by atomic mass is 9.99. The van der Waals surface area contributed by atoms with Crippen molar-refractivity contribution in [1.82, 2.24) is 30.1 Å². The molecular formula is C29H30N6O. The van der Waals surface area contributed by atoms with Crippen molar-refractivity contribution < 1.29 is 0 Å². The molecule has 0 saturated carbocycles. The van der Waals surface area contributed by atoms with Crippen LogP contribution in [0.3, 0.4) is 0 Å². The topological polar surface area (TPSA) is 79.7 Å². The molecule has 0 fully saturated rings. The summed E-state index contributed by atoms with van der Waals surface area (Å²) in [6, 6.07) is 26.1. The molecule has 0 saturated heterocycles. The van der Waals surface area contributed by atoms with E-state index in [9.17, 15) is 4.79 Å². The van der Waals surface area contributed by atoms with Gasteiger partial charge in [0.1, 0.15) is 6.04 Å². The Morgan fingerprint density at radius 2 is 1.64 bits per heavy atom. The van der Waals surface area contributed by atoms with Gasteiger partial charge in [0, 0.05) is 23.0 Å². The first-order chi connectivity index (χ1) is 17.5. The number of pyridine rings is 1. The number of nitrogens with zero attached hydrogens (tertiary/aromatic N) is 5. The van der Waals surface area contributed by atoms with E-state index in [1.165, 1.54) is 0 Å². The summed E-state index contributed by atoms with van der Waals surface area (Å²) in [6.45, 7) is 8.11. The fraction of sp³-hybridized carbons (Fsp3) is 0.241. The predicted octanol–water partition coefficient (Wildman–Crippen LogP) is 4.79. The molecule has 0 aliphatic rings. The fourth-order valence-corrected chi connectivity index (χ4v) is 4.87. The van der Waals surface area contributed by atoms with E-state index in [1.807, 2.05) is 55.5 Å². The van der Waals surface area contributed by atoms with Crippen LogP contribution in [0.2, 0.25) is 0 Å². The van der Waals surface area contributed by atoms with E-state index < -0.39 is 6.04 Å². The summed E-state index contributed by atoms with van der Waals surface area (Å²) in [5, 5.41) is 13.8. The minimum absolute atomic E-state index is 0.127. The molecule has 1 N–H and O–H groups in total. The Labute approximate surface area is 210 Å². The maximum Gasteiger partial charge on any atom is 0.253 e. The van der Waals surface area contributed by atoms with Gasteiger partial charge in [-0.15, -0.1) is 5.10 Å². The zero-order valence-corrected chi connectivity index (χ0v) is 20.8. The van der Waals surface area contributed by atoms with Crippen LogP contribution < -0.4 is 5.56 Å². The molecule has 0 amide bonds. The van der Waals surface area contributed by atoms with Crippen LogP contribution in [-0.2, 0) is 13.1 Å². The summed E-state index contributed by atoms with van der Waals surface area (Å²) >= 11 is 0. The summed E-state index contributed by atoms with van der Waals surface area (Å²) in [4.78, 5) is 19.0. The highest BCUT2D eigenvalue weighted by atomic mass is 16.1. The van der Waals surface area contributed by atoms with E-state index in [0.717, 1.165) is 33.2 Å². The normalized spacial score (nSPS) is 12.3. The van der Waals surface area contributed by atoms with Gasteiger partial charge < -0.3 is 4.98 Å². The molecule has 0 aliphatic heterocycles. The monoisotopic (exact) mass is 478 g/mol. The lowest BCUT2D eigenvalue weighted by Crippen LogP contribution is -2.35. The van der Waals surface area contributed by atoms with Gasteiger partial charge in [-0.1, -0.05) is 73.7 Å². The number of tetrazole rings is 1. The maximum atomic E-state index is 13.6. The molecule has 7 heteroatoms. The van der Waals surface area contributed by atoms with Crippen LogP contribution in [-0.4, -0.2) is 36.6 Å². The average molecular weight is 479 g/mol. The number of aromatic nitrogens is 5. The van der Waals surface area contributed by atoms with Crippen LogP contribution in [0.4, 0.5) is 0 Å². The minimum atomic E-state index is -0.428. The zero-order chi connectivity index (χ0) is 25.1. The molecule has 0 aliphatic carbocycles. The van der Waals surface area contributed by atoms with Gasteiger partial charge >= 0.3 is 0 Å². The van der Waals surface area contributed by atoms with Gasteiger partial charge in [0.2, 0.25) is 0 Å². The molecule has 182 valence electrons. The summed E-state index contributed by atoms with van der Waals surface area (Å²) < 4.78 is 1.80. The number of fused-ring (bicyclic) bond motifs is 1. The number of nitrogens with one attached hydrogen (secondary N) is 1. The molecule has 0 unspecified atom stereocenters. The third-order valence-corrected chi connectivity index (χ3v) is 6.62. The SMILES string of the molecule is CCN(Cc1ccccc1)[C@@H](c1cc2c(C)cc(C)cc2[nH]c1=O)c1nnnn1Cc1ccccc1. The van der Waals surface area contributed by atoms with Gasteiger partial charge in [-0.25, -0.2) is 4.68 Å². The van der Waals surface area contributed by atoms with Crippen molar-refractivity contribution in [3.63, 3.8) is 0 Å². The third kappa shape index (κ3) is 4.83. The van der Waals surface area contributed by atoms with Gasteiger partial charge in [0.15, 0.2) is 5.82 Å². The number of hydrogen-bond donors (Lipinski definition) is 1. The predicted molar refractivity (Wildman–Crippen MR) is 142 cm³/mol. The summed E-state index contributed by atoms with van der Waals surface area (Å²) in [6.07, 6.45) is 0. The van der Waals surface area contributed by atoms with Crippen molar-refractivity contribution >= 4 is 10.9 Å². The van der Waals surface area contributed by atoms with Crippen molar-refractivity contribution in [2.45, 2.75) is 39.9 Å². The Balaban J connectivity index is 1.66. The fourth-order valence-electron chi connectivity index (χ4n) is 4.87. The first kappa shape index (κ1) is 23.6. The molecule has 0 spiro atoms. The molecule has 7 nitrogen and oxygen atoms in total. The quantitative estimate of drug-likeness (QED) is 0.347. The second-order valence-corrected chi connectivity index (χ2v) is 9.23. The average Bonchev–Trinajstić information content (AvgIpc) is 3.32. The maximum absolute atomic E-state index is 13.6. The van der Waals surface area contributed by atoms with Crippen LogP contribution in [0.25, 0.3) is 10.9 Å². The lowest BCUT2D eigenvalue weighted by molar-refractivity contribution is 0.214. The molecule has 3 aromatic carbocycles. The molecule has 1 atom stereocenters. The van der Waals surface area contributed by atoms with Crippen molar-refractivity contribution in [3.8, 4) is 0 Å². The van der Waals surface area contributed by atoms with E-state index >= 15 is 0 Å². The number of aryl methyl sites for hydroxylation is 2. The van der Waals surface area contributed by atoms with Crippen molar-refractivity contribution in [2.24, 2.45) is 0 Å². The van der Waals surface area contributed by atoms with Gasteiger partial charge in [-0.3, -0.25) is 9.69 Å². The van der Waals surface area contributed by atoms with Crippen molar-refractivity contribution in [2.75, 3.05) is 6.54 Å². The lowest BCUT2D eigenvalue weighted by Gasteiger charge is -2.30. The van der Waals surface area contributed by atoms with Crippen molar-refractivity contribution in [3.05, 3.63) is 123 Å². The van der Waals surface area contributed by atoms with E-state index in [2.05, 4.69) is 69.6 Å². The Bertz CT molecular complexity index is 1520. The Hall–Kier alpha value is -4.10. The van der Waals surface area contributed by atoms with E-state index in [-0.39, 0.29) is 5.56 Å². The van der Waals surface area contributed by atoms with E-state index in [0.29, 0.717) is 31.0 Å². The van der Waals surface area contributed by atoms with E-state index in [4.69, 9.17) is 0 Å². The second kappa shape index (κ2) is 10.3. The highest BCUT2D eigenvalue weighted by Crippen LogP contribution is 2.29. The molecule has 2 heterocycles. The van der Waals surface area contributed by atoms with Gasteiger partial charge in [0.25, 0.3) is 5.56 Å². The molecule has 5 rings (SSSR count). The number of benzene rings is 3. The van der Waals surface area contributed by atoms with E-state index in [1.54, 1.807) is 4.68 Å². The molecule has 2 aromatic heterocycles. The molecule has 36 heavy (non-hydrogen) atoms. The highest BCUT2D eigenvalue weighted by molar-refractivity contribution is 5.83. The Morgan fingerprint density at radius 1 is 0.944 bits per heavy atom. The van der Waals surface area contributed by atoms with Gasteiger partial charge in [-0.2, -0.15) is 0 Å². The number of H-pyrrole nitrogens is 1. The number of hydrogen-bond acceptors (Lipinski definition) is 5. The number of aromatic amines is 1. The van der Waals surface area contributed by atoms with Gasteiger partial charge in [-0.05, 0) is 65.2 Å². The molecule has 5 aromatic rings. The standard InChI is InChI=1S/C29H30N6O/c1-4-34(18-22-11-7-5-8-12-22)27(28-31-32-33-35(28)19-23-13-9-6-10-14-23)25-17-24-21(3)15-20(2)16-26(24)30-29(25)36/h5-17,27H,4,18-19H2,1-3H3,(H,30,36)/t27-/m0/s1. The Kier molecular flexibility index (Phi) is 6.73.